The van der Waals surface area contributed by atoms with Gasteiger partial charge in [-0.3, -0.25) is 9.59 Å². The van der Waals surface area contributed by atoms with Crippen LogP contribution in [0.4, 0.5) is 5.69 Å². The molecule has 5 heteroatoms. The van der Waals surface area contributed by atoms with Crippen molar-refractivity contribution in [3.05, 3.63) is 54.0 Å². The zero-order valence-electron chi connectivity index (χ0n) is 14.3. The summed E-state index contributed by atoms with van der Waals surface area (Å²) >= 11 is 0. The van der Waals surface area contributed by atoms with Crippen LogP contribution in [-0.2, 0) is 4.79 Å². The zero-order chi connectivity index (χ0) is 17.4. The van der Waals surface area contributed by atoms with E-state index >= 15 is 0 Å². The second kappa shape index (κ2) is 6.39. The molecule has 2 aliphatic carbocycles. The molecule has 0 spiro atoms. The van der Waals surface area contributed by atoms with Gasteiger partial charge in [0.1, 0.15) is 5.76 Å². The van der Waals surface area contributed by atoms with Crippen molar-refractivity contribution >= 4 is 17.5 Å². The molecular formula is C20H22N2O3. The van der Waals surface area contributed by atoms with E-state index in [1.165, 1.54) is 0 Å². The molecule has 2 aromatic rings. The SMILES string of the molecule is C[C@H](c1ccco1)N(C(=O)c1cccc(NC(=O)C2CC2)c1)C1CC1. The molecule has 2 fully saturated rings. The lowest BCUT2D eigenvalue weighted by atomic mass is 10.1. The fourth-order valence-electron chi connectivity index (χ4n) is 3.15. The molecule has 1 aromatic carbocycles. The minimum atomic E-state index is -0.111. The third-order valence-electron chi connectivity index (χ3n) is 4.87. The summed E-state index contributed by atoms with van der Waals surface area (Å²) in [6.07, 6.45) is 5.60. The molecule has 2 aliphatic rings. The second-order valence-electron chi connectivity index (χ2n) is 6.98. The highest BCUT2D eigenvalue weighted by molar-refractivity contribution is 5.98. The van der Waals surface area contributed by atoms with Crippen LogP contribution in [0.25, 0.3) is 0 Å². The lowest BCUT2D eigenvalue weighted by Gasteiger charge is -2.28. The number of carbonyl (C=O) groups excluding carboxylic acids is 2. The number of amides is 2. The van der Waals surface area contributed by atoms with Crippen molar-refractivity contribution in [2.24, 2.45) is 5.92 Å². The number of nitrogens with zero attached hydrogens (tertiary/aromatic N) is 1. The van der Waals surface area contributed by atoms with Crippen LogP contribution in [0.2, 0.25) is 0 Å². The van der Waals surface area contributed by atoms with E-state index in [2.05, 4.69) is 5.32 Å². The minimum absolute atomic E-state index is 0.0195. The first-order chi connectivity index (χ1) is 12.1. The summed E-state index contributed by atoms with van der Waals surface area (Å²) in [7, 11) is 0. The number of hydrogen-bond donors (Lipinski definition) is 1. The van der Waals surface area contributed by atoms with E-state index in [4.69, 9.17) is 4.42 Å². The Hall–Kier alpha value is -2.56. The first-order valence-corrected chi connectivity index (χ1v) is 8.90. The Bertz CT molecular complexity index is 776. The lowest BCUT2D eigenvalue weighted by molar-refractivity contribution is -0.117. The first-order valence-electron chi connectivity index (χ1n) is 8.90. The highest BCUT2D eigenvalue weighted by atomic mass is 16.3. The first kappa shape index (κ1) is 15.9. The average molecular weight is 338 g/mol. The Labute approximate surface area is 147 Å². The van der Waals surface area contributed by atoms with E-state index in [9.17, 15) is 9.59 Å². The summed E-state index contributed by atoms with van der Waals surface area (Å²) in [6, 6.07) is 11.1. The van der Waals surface area contributed by atoms with Gasteiger partial charge in [0.05, 0.1) is 12.3 Å². The summed E-state index contributed by atoms with van der Waals surface area (Å²) in [5.74, 6) is 0.959. The van der Waals surface area contributed by atoms with Crippen LogP contribution < -0.4 is 5.32 Å². The molecule has 2 saturated carbocycles. The Morgan fingerprint density at radius 1 is 1.16 bits per heavy atom. The van der Waals surface area contributed by atoms with Crippen LogP contribution in [-0.4, -0.2) is 22.8 Å². The van der Waals surface area contributed by atoms with E-state index < -0.39 is 0 Å². The molecule has 130 valence electrons. The van der Waals surface area contributed by atoms with Gasteiger partial charge in [-0.15, -0.1) is 0 Å². The number of anilines is 1. The molecule has 1 N–H and O–H groups in total. The normalized spacial score (nSPS) is 17.8. The van der Waals surface area contributed by atoms with E-state index in [0.29, 0.717) is 11.3 Å². The second-order valence-corrected chi connectivity index (χ2v) is 6.98. The molecule has 0 bridgehead atoms. The van der Waals surface area contributed by atoms with Gasteiger partial charge in [-0.2, -0.15) is 0 Å². The molecule has 0 saturated heterocycles. The van der Waals surface area contributed by atoms with Crippen molar-refractivity contribution in [2.45, 2.75) is 44.7 Å². The quantitative estimate of drug-likeness (QED) is 0.866. The molecule has 1 aromatic heterocycles. The lowest BCUT2D eigenvalue weighted by Crippen LogP contribution is -2.35. The Morgan fingerprint density at radius 3 is 2.60 bits per heavy atom. The third-order valence-corrected chi connectivity index (χ3v) is 4.87. The molecular weight excluding hydrogens is 316 g/mol. The Balaban J connectivity index is 1.54. The van der Waals surface area contributed by atoms with Crippen LogP contribution in [0.1, 0.15) is 54.8 Å². The van der Waals surface area contributed by atoms with Crippen molar-refractivity contribution in [1.29, 1.82) is 0 Å². The van der Waals surface area contributed by atoms with Crippen molar-refractivity contribution in [3.63, 3.8) is 0 Å². The Morgan fingerprint density at radius 2 is 1.96 bits per heavy atom. The number of benzene rings is 1. The summed E-state index contributed by atoms with van der Waals surface area (Å²) < 4.78 is 5.50. The fraction of sp³-hybridized carbons (Fsp3) is 0.400. The number of furan rings is 1. The monoisotopic (exact) mass is 338 g/mol. The van der Waals surface area contributed by atoms with Crippen LogP contribution in [0.5, 0.6) is 0 Å². The molecule has 2 amide bonds. The fourth-order valence-corrected chi connectivity index (χ4v) is 3.15. The van der Waals surface area contributed by atoms with Crippen LogP contribution in [0, 0.1) is 5.92 Å². The van der Waals surface area contributed by atoms with Gasteiger partial charge in [-0.25, -0.2) is 0 Å². The van der Waals surface area contributed by atoms with Gasteiger partial charge in [0, 0.05) is 23.2 Å². The molecule has 5 nitrogen and oxygen atoms in total. The smallest absolute Gasteiger partial charge is 0.254 e. The molecule has 0 radical (unpaired) electrons. The Kier molecular flexibility index (Phi) is 4.07. The van der Waals surface area contributed by atoms with Gasteiger partial charge in [-0.05, 0) is 62.9 Å². The van der Waals surface area contributed by atoms with E-state index in [-0.39, 0.29) is 29.8 Å². The predicted octanol–water partition coefficient (Wildman–Crippen LogP) is 3.99. The molecule has 25 heavy (non-hydrogen) atoms. The van der Waals surface area contributed by atoms with Gasteiger partial charge < -0.3 is 14.6 Å². The number of nitrogens with one attached hydrogen (secondary N) is 1. The van der Waals surface area contributed by atoms with Gasteiger partial charge in [0.25, 0.3) is 5.91 Å². The van der Waals surface area contributed by atoms with E-state index in [1.807, 2.05) is 36.1 Å². The number of hydrogen-bond acceptors (Lipinski definition) is 3. The maximum absolute atomic E-state index is 13.1. The van der Waals surface area contributed by atoms with Crippen molar-refractivity contribution < 1.29 is 14.0 Å². The standard InChI is InChI=1S/C20H22N2O3/c1-13(18-6-3-11-25-18)22(17-9-10-17)20(24)15-4-2-5-16(12-15)21-19(23)14-7-8-14/h2-6,11-14,17H,7-10H2,1H3,(H,21,23)/t13-/m1/s1. The van der Waals surface area contributed by atoms with E-state index in [1.54, 1.807) is 18.4 Å². The van der Waals surface area contributed by atoms with Crippen LogP contribution >= 0.6 is 0 Å². The van der Waals surface area contributed by atoms with Crippen molar-refractivity contribution in [2.75, 3.05) is 5.32 Å². The van der Waals surface area contributed by atoms with Gasteiger partial charge in [0.15, 0.2) is 0 Å². The molecule has 1 heterocycles. The number of carbonyl (C=O) groups is 2. The average Bonchev–Trinajstić information content (AvgIpc) is 3.54. The largest absolute Gasteiger partial charge is 0.467 e. The summed E-state index contributed by atoms with van der Waals surface area (Å²) in [6.45, 7) is 1.99. The highest BCUT2D eigenvalue weighted by Crippen LogP contribution is 2.36. The molecule has 4 rings (SSSR count). The molecule has 0 unspecified atom stereocenters. The van der Waals surface area contributed by atoms with Gasteiger partial charge >= 0.3 is 0 Å². The summed E-state index contributed by atoms with van der Waals surface area (Å²) in [4.78, 5) is 27.0. The molecule has 1 atom stereocenters. The maximum Gasteiger partial charge on any atom is 0.254 e. The highest BCUT2D eigenvalue weighted by Gasteiger charge is 2.37. The van der Waals surface area contributed by atoms with Crippen LogP contribution in [0.3, 0.4) is 0 Å². The predicted molar refractivity (Wildman–Crippen MR) is 94.1 cm³/mol. The van der Waals surface area contributed by atoms with E-state index in [0.717, 1.165) is 31.4 Å². The number of rotatable bonds is 6. The summed E-state index contributed by atoms with van der Waals surface area (Å²) in [5.41, 5.74) is 1.28. The minimum Gasteiger partial charge on any atom is -0.467 e. The summed E-state index contributed by atoms with van der Waals surface area (Å²) in [5, 5.41) is 2.91. The topological polar surface area (TPSA) is 62.6 Å². The van der Waals surface area contributed by atoms with Gasteiger partial charge in [0.2, 0.25) is 5.91 Å². The third kappa shape index (κ3) is 3.45. The van der Waals surface area contributed by atoms with Crippen molar-refractivity contribution in [1.82, 2.24) is 4.90 Å². The van der Waals surface area contributed by atoms with Crippen LogP contribution in [0.15, 0.2) is 47.1 Å². The van der Waals surface area contributed by atoms with Crippen molar-refractivity contribution in [3.8, 4) is 0 Å². The molecule has 0 aliphatic heterocycles. The van der Waals surface area contributed by atoms with Gasteiger partial charge in [-0.1, -0.05) is 6.07 Å². The zero-order valence-corrected chi connectivity index (χ0v) is 14.3. The maximum atomic E-state index is 13.1.